The molecule has 0 aromatic rings. The molecule has 0 fully saturated rings. The Morgan fingerprint density at radius 1 is 0.810 bits per heavy atom. The number of hydrogen-bond acceptors (Lipinski definition) is 2. The van der Waals surface area contributed by atoms with Crippen LogP contribution < -0.4 is 0 Å². The smallest absolute Gasteiger partial charge is 0.101 e. The highest BCUT2D eigenvalue weighted by atomic mass is 15.4. The van der Waals surface area contributed by atoms with Crippen molar-refractivity contribution in [2.24, 2.45) is 0 Å². The first-order chi connectivity index (χ1) is 10.2. The van der Waals surface area contributed by atoms with Gasteiger partial charge in [0, 0.05) is 25.5 Å². The molecule has 0 aliphatic carbocycles. The van der Waals surface area contributed by atoms with E-state index in [4.69, 9.17) is 0 Å². The Morgan fingerprint density at radius 2 is 1.33 bits per heavy atom. The Morgan fingerprint density at radius 3 is 1.86 bits per heavy atom. The van der Waals surface area contributed by atoms with Gasteiger partial charge in [-0.2, -0.15) is 0 Å². The largest absolute Gasteiger partial charge is 0.359 e. The van der Waals surface area contributed by atoms with Crippen LogP contribution in [0.25, 0.3) is 0 Å². The monoisotopic (exact) mass is 294 g/mol. The summed E-state index contributed by atoms with van der Waals surface area (Å²) in [6.07, 6.45) is 20.6. The van der Waals surface area contributed by atoms with Crippen LogP contribution in [0.3, 0.4) is 0 Å². The SMILES string of the molecule is CCCCCCCCCCCCC1N(C)C=CN1C(C)C. The van der Waals surface area contributed by atoms with Gasteiger partial charge in [0.2, 0.25) is 0 Å². The number of unbranched alkanes of at least 4 members (excludes halogenated alkanes) is 9. The minimum absolute atomic E-state index is 0.596. The lowest BCUT2D eigenvalue weighted by Gasteiger charge is -2.33. The summed E-state index contributed by atoms with van der Waals surface area (Å²) in [5.74, 6) is 0. The minimum Gasteiger partial charge on any atom is -0.359 e. The van der Waals surface area contributed by atoms with Crippen LogP contribution in [-0.2, 0) is 0 Å². The van der Waals surface area contributed by atoms with Gasteiger partial charge >= 0.3 is 0 Å². The lowest BCUT2D eigenvalue weighted by atomic mass is 10.0. The Balaban J connectivity index is 1.96. The van der Waals surface area contributed by atoms with E-state index in [1.807, 2.05) is 0 Å². The highest BCUT2D eigenvalue weighted by Crippen LogP contribution is 2.22. The molecule has 124 valence electrons. The standard InChI is InChI=1S/C19H38N2/c1-5-6-7-8-9-10-11-12-13-14-15-19-20(4)16-17-21(19)18(2)3/h16-19H,5-15H2,1-4H3. The van der Waals surface area contributed by atoms with E-state index in [0.717, 1.165) is 0 Å². The highest BCUT2D eigenvalue weighted by molar-refractivity contribution is 4.96. The highest BCUT2D eigenvalue weighted by Gasteiger charge is 2.24. The molecule has 0 N–H and O–H groups in total. The molecular weight excluding hydrogens is 256 g/mol. The summed E-state index contributed by atoms with van der Waals surface area (Å²) in [4.78, 5) is 4.86. The zero-order valence-electron chi connectivity index (χ0n) is 15.0. The van der Waals surface area contributed by atoms with Crippen LogP contribution in [0.5, 0.6) is 0 Å². The molecule has 1 aliphatic rings. The van der Waals surface area contributed by atoms with Gasteiger partial charge in [-0.25, -0.2) is 0 Å². The predicted octanol–water partition coefficient (Wildman–Crippen LogP) is 5.75. The number of rotatable bonds is 12. The van der Waals surface area contributed by atoms with Gasteiger partial charge in [0.1, 0.15) is 6.17 Å². The van der Waals surface area contributed by atoms with Crippen molar-refractivity contribution in [1.82, 2.24) is 9.80 Å². The molecule has 0 radical (unpaired) electrons. The minimum atomic E-state index is 0.596. The summed E-state index contributed by atoms with van der Waals surface area (Å²) >= 11 is 0. The fourth-order valence-electron chi connectivity index (χ4n) is 3.27. The molecule has 0 saturated carbocycles. The summed E-state index contributed by atoms with van der Waals surface area (Å²) in [6.45, 7) is 6.86. The van der Waals surface area contributed by atoms with Crippen molar-refractivity contribution in [2.75, 3.05) is 7.05 Å². The molecule has 2 nitrogen and oxygen atoms in total. The van der Waals surface area contributed by atoms with Crippen molar-refractivity contribution in [1.29, 1.82) is 0 Å². The summed E-state index contributed by atoms with van der Waals surface area (Å²) in [7, 11) is 2.21. The van der Waals surface area contributed by atoms with E-state index in [1.54, 1.807) is 0 Å². The van der Waals surface area contributed by atoms with E-state index in [0.29, 0.717) is 12.2 Å². The molecule has 0 aromatic heterocycles. The molecule has 21 heavy (non-hydrogen) atoms. The predicted molar refractivity (Wildman–Crippen MR) is 94.1 cm³/mol. The average Bonchev–Trinajstić information content (AvgIpc) is 2.82. The van der Waals surface area contributed by atoms with Gasteiger partial charge in [0.25, 0.3) is 0 Å². The number of hydrogen-bond donors (Lipinski definition) is 0. The fourth-order valence-corrected chi connectivity index (χ4v) is 3.27. The van der Waals surface area contributed by atoms with E-state index in [1.165, 1.54) is 70.6 Å². The maximum Gasteiger partial charge on any atom is 0.101 e. The molecular formula is C19H38N2. The third-order valence-corrected chi connectivity index (χ3v) is 4.70. The Hall–Kier alpha value is -0.660. The van der Waals surface area contributed by atoms with Crippen molar-refractivity contribution >= 4 is 0 Å². The van der Waals surface area contributed by atoms with Crippen LogP contribution in [0, 0.1) is 0 Å². The Labute approximate surface area is 133 Å². The van der Waals surface area contributed by atoms with Crippen molar-refractivity contribution < 1.29 is 0 Å². The van der Waals surface area contributed by atoms with Gasteiger partial charge in [-0.1, -0.05) is 64.7 Å². The maximum atomic E-state index is 2.49. The molecule has 1 aliphatic heterocycles. The van der Waals surface area contributed by atoms with Crippen LogP contribution in [0.1, 0.15) is 91.4 Å². The van der Waals surface area contributed by atoms with E-state index in [-0.39, 0.29) is 0 Å². The fraction of sp³-hybridized carbons (Fsp3) is 0.895. The molecule has 1 heterocycles. The summed E-state index contributed by atoms with van der Waals surface area (Å²) in [5, 5.41) is 0. The zero-order chi connectivity index (χ0) is 15.5. The van der Waals surface area contributed by atoms with E-state index in [2.05, 4.69) is 50.0 Å². The third kappa shape index (κ3) is 7.24. The quantitative estimate of drug-likeness (QED) is 0.423. The second kappa shape index (κ2) is 11.0. The molecule has 1 atom stereocenters. The molecule has 0 aromatic carbocycles. The topological polar surface area (TPSA) is 6.48 Å². The van der Waals surface area contributed by atoms with E-state index in [9.17, 15) is 0 Å². The lowest BCUT2D eigenvalue weighted by Crippen LogP contribution is -2.40. The first-order valence-electron chi connectivity index (χ1n) is 9.34. The third-order valence-electron chi connectivity index (χ3n) is 4.70. The normalized spacial score (nSPS) is 18.2. The van der Waals surface area contributed by atoms with Crippen LogP contribution in [0.15, 0.2) is 12.4 Å². The first-order valence-corrected chi connectivity index (χ1v) is 9.34. The van der Waals surface area contributed by atoms with Crippen molar-refractivity contribution in [3.05, 3.63) is 12.4 Å². The molecule has 0 amide bonds. The number of nitrogens with zero attached hydrogens (tertiary/aromatic N) is 2. The van der Waals surface area contributed by atoms with Crippen LogP contribution in [-0.4, -0.2) is 29.1 Å². The van der Waals surface area contributed by atoms with Gasteiger partial charge in [-0.15, -0.1) is 0 Å². The van der Waals surface area contributed by atoms with Crippen LogP contribution in [0.4, 0.5) is 0 Å². The lowest BCUT2D eigenvalue weighted by molar-refractivity contribution is 0.134. The van der Waals surface area contributed by atoms with Gasteiger partial charge in [-0.3, -0.25) is 0 Å². The molecule has 0 bridgehead atoms. The first kappa shape index (κ1) is 18.4. The van der Waals surface area contributed by atoms with E-state index >= 15 is 0 Å². The second-order valence-electron chi connectivity index (χ2n) is 6.96. The molecule has 2 heteroatoms. The van der Waals surface area contributed by atoms with E-state index < -0.39 is 0 Å². The molecule has 0 saturated heterocycles. The molecule has 1 rings (SSSR count). The van der Waals surface area contributed by atoms with Crippen molar-refractivity contribution in [2.45, 2.75) is 104 Å². The average molecular weight is 295 g/mol. The van der Waals surface area contributed by atoms with Gasteiger partial charge in [0.05, 0.1) is 0 Å². The van der Waals surface area contributed by atoms with Crippen molar-refractivity contribution in [3.8, 4) is 0 Å². The molecule has 1 unspecified atom stereocenters. The Bertz CT molecular complexity index is 273. The van der Waals surface area contributed by atoms with Crippen LogP contribution in [0.2, 0.25) is 0 Å². The Kier molecular flexibility index (Phi) is 9.62. The second-order valence-corrected chi connectivity index (χ2v) is 6.96. The van der Waals surface area contributed by atoms with Crippen molar-refractivity contribution in [3.63, 3.8) is 0 Å². The van der Waals surface area contributed by atoms with Gasteiger partial charge in [0.15, 0.2) is 0 Å². The van der Waals surface area contributed by atoms with Crippen LogP contribution >= 0.6 is 0 Å². The summed E-state index contributed by atoms with van der Waals surface area (Å²) in [6, 6.07) is 0.610. The maximum absolute atomic E-state index is 2.49. The summed E-state index contributed by atoms with van der Waals surface area (Å²) < 4.78 is 0. The van der Waals surface area contributed by atoms with Gasteiger partial charge < -0.3 is 9.80 Å². The zero-order valence-corrected chi connectivity index (χ0v) is 15.0. The molecule has 0 spiro atoms. The summed E-state index contributed by atoms with van der Waals surface area (Å²) in [5.41, 5.74) is 0. The van der Waals surface area contributed by atoms with Gasteiger partial charge in [-0.05, 0) is 26.7 Å².